The minimum Gasteiger partial charge on any atom is -0.541 e. The van der Waals surface area contributed by atoms with Gasteiger partial charge in [0.2, 0.25) is 5.89 Å². The van der Waals surface area contributed by atoms with E-state index >= 15 is 0 Å². The van der Waals surface area contributed by atoms with Gasteiger partial charge in [0.1, 0.15) is 12.7 Å². The molecular formula is C11H15BBrN3O2. The molecule has 1 N–H and O–H groups in total. The van der Waals surface area contributed by atoms with Crippen LogP contribution in [0.3, 0.4) is 0 Å². The van der Waals surface area contributed by atoms with E-state index in [1.54, 1.807) is 12.5 Å². The highest BCUT2D eigenvalue weighted by Gasteiger charge is 2.31. The van der Waals surface area contributed by atoms with Crippen molar-refractivity contribution in [3.8, 4) is 0 Å². The molecule has 1 aliphatic rings. The molecule has 2 atom stereocenters. The number of aromatic nitrogens is 1. The summed E-state index contributed by atoms with van der Waals surface area (Å²) in [7, 11) is 0.405. The van der Waals surface area contributed by atoms with E-state index in [9.17, 15) is 0 Å². The van der Waals surface area contributed by atoms with Crippen molar-refractivity contribution >= 4 is 35.5 Å². The number of rotatable bonds is 5. The summed E-state index contributed by atoms with van der Waals surface area (Å²) < 4.78 is 10.5. The van der Waals surface area contributed by atoms with Crippen LogP contribution in [0.1, 0.15) is 19.2 Å². The summed E-state index contributed by atoms with van der Waals surface area (Å²) in [6.07, 6.45) is 7.29. The first-order valence-corrected chi connectivity index (χ1v) is 6.78. The summed E-state index contributed by atoms with van der Waals surface area (Å²) in [4.78, 5) is 6.62. The molecule has 5 nitrogen and oxygen atoms in total. The Labute approximate surface area is 115 Å². The Morgan fingerprint density at radius 2 is 2.61 bits per heavy atom. The topological polar surface area (TPSA) is 62.4 Å². The van der Waals surface area contributed by atoms with E-state index in [2.05, 4.69) is 38.7 Å². The van der Waals surface area contributed by atoms with Gasteiger partial charge in [0.05, 0.1) is 6.20 Å². The first-order valence-electron chi connectivity index (χ1n) is 5.86. The zero-order valence-electron chi connectivity index (χ0n) is 10.2. The first-order chi connectivity index (χ1) is 8.76. The summed E-state index contributed by atoms with van der Waals surface area (Å²) in [6.45, 7) is 2.96. The second-order valence-corrected chi connectivity index (χ2v) is 5.26. The maximum Gasteiger partial charge on any atom is 0.431 e. The van der Waals surface area contributed by atoms with Gasteiger partial charge in [-0.2, -0.15) is 0 Å². The Morgan fingerprint density at radius 1 is 1.78 bits per heavy atom. The molecular weight excluding hydrogens is 297 g/mol. The lowest BCUT2D eigenvalue weighted by Crippen LogP contribution is -2.45. The van der Waals surface area contributed by atoms with Crippen LogP contribution in [0.5, 0.6) is 0 Å². The normalized spacial score (nSPS) is 24.4. The number of hydrogen-bond acceptors (Lipinski definition) is 5. The molecule has 0 aromatic carbocycles. The van der Waals surface area contributed by atoms with Gasteiger partial charge >= 0.3 is 7.62 Å². The van der Waals surface area contributed by atoms with Gasteiger partial charge in [0.15, 0.2) is 0 Å². The van der Waals surface area contributed by atoms with Crippen molar-refractivity contribution in [2.75, 3.05) is 6.54 Å². The van der Waals surface area contributed by atoms with Crippen molar-refractivity contribution in [1.29, 1.82) is 5.41 Å². The van der Waals surface area contributed by atoms with Gasteiger partial charge in [-0.25, -0.2) is 4.98 Å². The van der Waals surface area contributed by atoms with Crippen molar-refractivity contribution in [2.45, 2.75) is 24.2 Å². The molecule has 0 saturated carbocycles. The van der Waals surface area contributed by atoms with Gasteiger partial charge in [0, 0.05) is 23.0 Å². The number of nitrogens with zero attached hydrogens (tertiary/aromatic N) is 2. The van der Waals surface area contributed by atoms with E-state index in [1.165, 1.54) is 0 Å². The highest BCUT2D eigenvalue weighted by Crippen LogP contribution is 2.30. The molecule has 0 aliphatic carbocycles. The van der Waals surface area contributed by atoms with Crippen molar-refractivity contribution < 1.29 is 9.07 Å². The van der Waals surface area contributed by atoms with Crippen LogP contribution in [0, 0.1) is 5.41 Å². The van der Waals surface area contributed by atoms with E-state index < -0.39 is 0 Å². The molecule has 1 aliphatic heterocycles. The van der Waals surface area contributed by atoms with Crippen LogP contribution in [-0.2, 0) is 4.65 Å². The van der Waals surface area contributed by atoms with Gasteiger partial charge in [-0.15, -0.1) is 0 Å². The molecule has 0 radical (unpaired) electrons. The monoisotopic (exact) mass is 311 g/mol. The molecule has 0 bridgehead atoms. The number of halogens is 1. The molecule has 7 heteroatoms. The third-order valence-electron chi connectivity index (χ3n) is 2.96. The van der Waals surface area contributed by atoms with Gasteiger partial charge < -0.3 is 13.9 Å². The average molecular weight is 312 g/mol. The lowest BCUT2D eigenvalue weighted by molar-refractivity contribution is 0.335. The second kappa shape index (κ2) is 6.20. The zero-order chi connectivity index (χ0) is 13.0. The quantitative estimate of drug-likeness (QED) is 0.390. The largest absolute Gasteiger partial charge is 0.541 e. The van der Waals surface area contributed by atoms with Crippen LogP contribution in [0.25, 0.3) is 5.57 Å². The average Bonchev–Trinajstić information content (AvgIpc) is 2.89. The summed E-state index contributed by atoms with van der Waals surface area (Å²) in [5.74, 6) is 0.658. The van der Waals surface area contributed by atoms with E-state index in [0.717, 1.165) is 24.9 Å². The third kappa shape index (κ3) is 2.84. The number of hydrogen-bond donors (Lipinski definition) is 1. The summed E-state index contributed by atoms with van der Waals surface area (Å²) >= 11 is 3.60. The number of nitrogens with one attached hydrogen (secondary N) is 1. The highest BCUT2D eigenvalue weighted by molar-refractivity contribution is 9.09. The molecule has 0 saturated heterocycles. The smallest absolute Gasteiger partial charge is 0.431 e. The standard InChI is InChI=1S/C11H15BBrN3O2/c1-2-10-9(11-15-3-4-17-11)5-8(13)6-16(10)12-18-7-14/h3-5,7-8,10,12,14H,2,6H2,1H3/t8?,10-/m1/s1. The molecule has 0 amide bonds. The van der Waals surface area contributed by atoms with Crippen molar-refractivity contribution in [1.82, 2.24) is 9.79 Å². The highest BCUT2D eigenvalue weighted by atomic mass is 79.9. The van der Waals surface area contributed by atoms with Crippen molar-refractivity contribution in [3.63, 3.8) is 0 Å². The Kier molecular flexibility index (Phi) is 4.60. The van der Waals surface area contributed by atoms with Gasteiger partial charge in [-0.1, -0.05) is 28.9 Å². The van der Waals surface area contributed by atoms with Crippen LogP contribution in [0.4, 0.5) is 0 Å². The molecule has 1 aromatic rings. The van der Waals surface area contributed by atoms with Crippen molar-refractivity contribution in [2.24, 2.45) is 0 Å². The SMILES string of the molecule is CC[C@@H]1C(c2ncco2)=CC(Br)CN1BOC=N. The molecule has 2 heterocycles. The van der Waals surface area contributed by atoms with Crippen molar-refractivity contribution in [3.05, 3.63) is 24.4 Å². The molecule has 18 heavy (non-hydrogen) atoms. The fourth-order valence-corrected chi connectivity index (χ4v) is 2.90. The Morgan fingerprint density at radius 3 is 3.22 bits per heavy atom. The first kappa shape index (κ1) is 13.4. The van der Waals surface area contributed by atoms with E-state index in [1.807, 2.05) is 0 Å². The molecule has 96 valence electrons. The molecule has 1 unspecified atom stereocenters. The van der Waals surface area contributed by atoms with E-state index in [-0.39, 0.29) is 10.9 Å². The lowest BCUT2D eigenvalue weighted by Gasteiger charge is -2.35. The molecule has 0 fully saturated rings. The minimum absolute atomic E-state index is 0.206. The third-order valence-corrected chi connectivity index (χ3v) is 3.51. The predicted molar refractivity (Wildman–Crippen MR) is 75.0 cm³/mol. The molecule has 2 rings (SSSR count). The van der Waals surface area contributed by atoms with Crippen LogP contribution in [0.2, 0.25) is 0 Å². The van der Waals surface area contributed by atoms with E-state index in [0.29, 0.717) is 13.5 Å². The number of oxazole rings is 1. The van der Waals surface area contributed by atoms with Gasteiger partial charge in [0.25, 0.3) is 0 Å². The summed E-state index contributed by atoms with van der Waals surface area (Å²) in [5.41, 5.74) is 1.07. The maximum absolute atomic E-state index is 6.95. The van der Waals surface area contributed by atoms with Gasteiger partial charge in [-0.05, 0) is 6.42 Å². The van der Waals surface area contributed by atoms with Crippen LogP contribution in [0.15, 0.2) is 23.0 Å². The summed E-state index contributed by atoms with van der Waals surface area (Å²) in [5, 5.41) is 6.95. The lowest BCUT2D eigenvalue weighted by atomic mass is 9.92. The van der Waals surface area contributed by atoms with Crippen LogP contribution in [-0.4, -0.2) is 41.2 Å². The molecule has 0 spiro atoms. The minimum atomic E-state index is 0.206. The Hall–Kier alpha value is -1.08. The van der Waals surface area contributed by atoms with Crippen LogP contribution < -0.4 is 0 Å². The summed E-state index contributed by atoms with van der Waals surface area (Å²) in [6, 6.07) is 0.206. The predicted octanol–water partition coefficient (Wildman–Crippen LogP) is 1.81. The van der Waals surface area contributed by atoms with Crippen LogP contribution >= 0.6 is 15.9 Å². The zero-order valence-corrected chi connectivity index (χ0v) is 11.8. The van der Waals surface area contributed by atoms with E-state index in [4.69, 9.17) is 14.5 Å². The van der Waals surface area contributed by atoms with Gasteiger partial charge in [-0.3, -0.25) is 5.41 Å². The Bertz CT molecular complexity index is 424. The molecule has 1 aromatic heterocycles. The fraction of sp³-hybridized carbons (Fsp3) is 0.455. The fourth-order valence-electron chi connectivity index (χ4n) is 2.24. The Balaban J connectivity index is 2.23. The maximum atomic E-state index is 6.95. The number of alkyl halides is 1. The second-order valence-electron chi connectivity index (χ2n) is 4.08.